The zero-order chi connectivity index (χ0) is 23.8. The summed E-state index contributed by atoms with van der Waals surface area (Å²) in [5.41, 5.74) is 6.09. The van der Waals surface area contributed by atoms with Gasteiger partial charge in [-0.2, -0.15) is 13.2 Å². The third kappa shape index (κ3) is 2.52. The Balaban J connectivity index is 1.77. The van der Waals surface area contributed by atoms with E-state index in [1.807, 2.05) is 60.7 Å². The average Bonchev–Trinajstić information content (AvgIpc) is 3.29. The molecule has 0 saturated carbocycles. The number of ketones is 2. The fraction of sp³-hybridized carbons (Fsp3) is 0.103. The van der Waals surface area contributed by atoms with E-state index in [-0.39, 0.29) is 5.78 Å². The van der Waals surface area contributed by atoms with Crippen molar-refractivity contribution in [3.63, 3.8) is 0 Å². The smallest absolute Gasteiger partial charge is 0.295 e. The molecule has 0 N–H and O–H groups in total. The summed E-state index contributed by atoms with van der Waals surface area (Å²) >= 11 is 0. The number of halogens is 3. The van der Waals surface area contributed by atoms with Crippen LogP contribution < -0.4 is 0 Å². The van der Waals surface area contributed by atoms with E-state index in [2.05, 4.69) is 0 Å². The molecule has 0 heterocycles. The molecule has 0 aliphatic heterocycles. The van der Waals surface area contributed by atoms with Gasteiger partial charge in [0.2, 0.25) is 0 Å². The van der Waals surface area contributed by atoms with Crippen LogP contribution in [0.2, 0.25) is 0 Å². The molecule has 1 unspecified atom stereocenters. The largest absolute Gasteiger partial charge is 0.454 e. The van der Waals surface area contributed by atoms with Crippen molar-refractivity contribution in [1.29, 1.82) is 0 Å². The van der Waals surface area contributed by atoms with Gasteiger partial charge in [-0.1, -0.05) is 72.8 Å². The van der Waals surface area contributed by atoms with Gasteiger partial charge in [0.1, 0.15) is 0 Å². The van der Waals surface area contributed by atoms with Gasteiger partial charge in [0.25, 0.3) is 5.78 Å². The Kier molecular flexibility index (Phi) is 4.10. The normalized spacial score (nSPS) is 17.2. The lowest BCUT2D eigenvalue weighted by molar-refractivity contribution is -0.0885. The molecule has 0 radical (unpaired) electrons. The van der Waals surface area contributed by atoms with E-state index in [1.54, 1.807) is 12.1 Å². The Morgan fingerprint density at radius 1 is 0.618 bits per heavy atom. The second-order valence-electron chi connectivity index (χ2n) is 8.74. The highest BCUT2D eigenvalue weighted by atomic mass is 19.4. The first kappa shape index (κ1) is 20.6. The summed E-state index contributed by atoms with van der Waals surface area (Å²) < 4.78 is 40.1. The van der Waals surface area contributed by atoms with E-state index in [0.717, 1.165) is 38.9 Å². The molecular weight excluding hydrogens is 437 g/mol. The molecule has 1 spiro atoms. The van der Waals surface area contributed by atoms with E-state index >= 15 is 0 Å². The zero-order valence-corrected chi connectivity index (χ0v) is 18.0. The molecule has 0 bridgehead atoms. The molecule has 0 aromatic heterocycles. The molecule has 2 nitrogen and oxygen atoms in total. The average molecular weight is 454 g/mol. The van der Waals surface area contributed by atoms with Crippen LogP contribution in [-0.4, -0.2) is 17.7 Å². The topological polar surface area (TPSA) is 34.1 Å². The number of carbonyl (C=O) groups excluding carboxylic acids is 2. The van der Waals surface area contributed by atoms with Crippen LogP contribution in [0, 0.1) is 0 Å². The lowest BCUT2D eigenvalue weighted by Gasteiger charge is -2.31. The van der Waals surface area contributed by atoms with Crippen LogP contribution in [0.5, 0.6) is 0 Å². The molecule has 34 heavy (non-hydrogen) atoms. The van der Waals surface area contributed by atoms with Gasteiger partial charge in [-0.25, -0.2) is 0 Å². The zero-order valence-electron chi connectivity index (χ0n) is 18.0. The van der Waals surface area contributed by atoms with Gasteiger partial charge >= 0.3 is 6.18 Å². The number of hydrogen-bond donors (Lipinski definition) is 0. The molecule has 6 rings (SSSR count). The van der Waals surface area contributed by atoms with E-state index in [0.29, 0.717) is 11.1 Å². The minimum atomic E-state index is -4.97. The highest BCUT2D eigenvalue weighted by molar-refractivity contribution is 6.03. The number of fused-ring (bicyclic) bond motifs is 10. The number of alkyl halides is 3. The Morgan fingerprint density at radius 2 is 1.06 bits per heavy atom. The lowest BCUT2D eigenvalue weighted by Crippen LogP contribution is -2.27. The summed E-state index contributed by atoms with van der Waals surface area (Å²) in [5.74, 6) is -1.97. The Hall–Kier alpha value is -3.99. The van der Waals surface area contributed by atoms with Crippen LogP contribution in [0.15, 0.2) is 84.9 Å². The van der Waals surface area contributed by atoms with Crippen molar-refractivity contribution in [3.05, 3.63) is 118 Å². The SMILES string of the molecule is CC(=O)c1ccc2c(c1)C1(c3ccccc3-2)c2ccccc2-c2ccc(C(=O)C(F)(F)F)cc21. The predicted molar refractivity (Wildman–Crippen MR) is 123 cm³/mol. The van der Waals surface area contributed by atoms with E-state index in [1.165, 1.54) is 19.1 Å². The van der Waals surface area contributed by atoms with Gasteiger partial charge in [-0.15, -0.1) is 0 Å². The van der Waals surface area contributed by atoms with Crippen molar-refractivity contribution in [2.24, 2.45) is 0 Å². The van der Waals surface area contributed by atoms with Gasteiger partial charge in [0.15, 0.2) is 5.78 Å². The van der Waals surface area contributed by atoms with Gasteiger partial charge < -0.3 is 0 Å². The third-order valence-corrected chi connectivity index (χ3v) is 7.02. The molecule has 2 aliphatic carbocycles. The second kappa shape index (κ2) is 6.76. The number of Topliss-reactive ketones (excluding diaryl/α,β-unsaturated/α-hetero) is 2. The van der Waals surface area contributed by atoms with Crippen LogP contribution in [0.4, 0.5) is 13.2 Å². The van der Waals surface area contributed by atoms with Crippen LogP contribution >= 0.6 is 0 Å². The highest BCUT2D eigenvalue weighted by Crippen LogP contribution is 2.62. The molecule has 0 saturated heterocycles. The van der Waals surface area contributed by atoms with Crippen molar-refractivity contribution >= 4 is 11.6 Å². The molecule has 0 fully saturated rings. The lowest BCUT2D eigenvalue weighted by atomic mass is 9.70. The minimum Gasteiger partial charge on any atom is -0.295 e. The maximum Gasteiger partial charge on any atom is 0.454 e. The first-order valence-electron chi connectivity index (χ1n) is 10.9. The third-order valence-electron chi connectivity index (χ3n) is 7.02. The molecular formula is C29H17F3O2. The monoisotopic (exact) mass is 454 g/mol. The first-order valence-corrected chi connectivity index (χ1v) is 10.9. The molecule has 4 aromatic carbocycles. The Labute approximate surface area is 193 Å². The molecule has 166 valence electrons. The van der Waals surface area contributed by atoms with Crippen LogP contribution in [0.1, 0.15) is 49.9 Å². The Morgan fingerprint density at radius 3 is 1.56 bits per heavy atom. The summed E-state index contributed by atoms with van der Waals surface area (Å²) in [4.78, 5) is 24.5. The number of hydrogen-bond acceptors (Lipinski definition) is 2. The number of benzene rings is 4. The molecule has 5 heteroatoms. The molecule has 1 atom stereocenters. The van der Waals surface area contributed by atoms with Crippen LogP contribution in [0.25, 0.3) is 22.3 Å². The maximum atomic E-state index is 13.4. The molecule has 0 amide bonds. The van der Waals surface area contributed by atoms with Gasteiger partial charge in [0.05, 0.1) is 5.41 Å². The van der Waals surface area contributed by atoms with Crippen molar-refractivity contribution in [2.75, 3.05) is 0 Å². The van der Waals surface area contributed by atoms with E-state index in [9.17, 15) is 22.8 Å². The summed E-state index contributed by atoms with van der Waals surface area (Å²) in [6.45, 7) is 1.49. The minimum absolute atomic E-state index is 0.0959. The van der Waals surface area contributed by atoms with Crippen molar-refractivity contribution in [3.8, 4) is 22.3 Å². The molecule has 4 aromatic rings. The van der Waals surface area contributed by atoms with Gasteiger partial charge in [0, 0.05) is 11.1 Å². The first-order chi connectivity index (χ1) is 16.2. The van der Waals surface area contributed by atoms with Crippen molar-refractivity contribution in [2.45, 2.75) is 18.5 Å². The fourth-order valence-electron chi connectivity index (χ4n) is 5.66. The summed E-state index contributed by atoms with van der Waals surface area (Å²) in [7, 11) is 0. The summed E-state index contributed by atoms with van der Waals surface area (Å²) in [6, 6.07) is 25.3. The van der Waals surface area contributed by atoms with Crippen LogP contribution in [0.3, 0.4) is 0 Å². The van der Waals surface area contributed by atoms with Gasteiger partial charge in [-0.05, 0) is 63.6 Å². The maximum absolute atomic E-state index is 13.4. The number of rotatable bonds is 2. The van der Waals surface area contributed by atoms with E-state index < -0.39 is 22.9 Å². The van der Waals surface area contributed by atoms with Crippen molar-refractivity contribution in [1.82, 2.24) is 0 Å². The quantitative estimate of drug-likeness (QED) is 0.265. The second-order valence-corrected chi connectivity index (χ2v) is 8.74. The highest BCUT2D eigenvalue weighted by Gasteiger charge is 2.52. The van der Waals surface area contributed by atoms with E-state index in [4.69, 9.17) is 0 Å². The van der Waals surface area contributed by atoms with Gasteiger partial charge in [-0.3, -0.25) is 9.59 Å². The number of carbonyl (C=O) groups is 2. The fourth-order valence-corrected chi connectivity index (χ4v) is 5.66. The standard InChI is InChI=1S/C29H17F3O2/c1-16(33)17-10-12-21-19-6-2-4-8-23(19)28(25(21)14-17)24-9-5-3-7-20(24)22-13-11-18(15-26(22)28)27(34)29(30,31)32/h2-15H,1H3. The van der Waals surface area contributed by atoms with Crippen molar-refractivity contribution < 1.29 is 22.8 Å². The summed E-state index contributed by atoms with van der Waals surface area (Å²) in [6.07, 6.45) is -4.97. The Bertz CT molecular complexity index is 1530. The predicted octanol–water partition coefficient (Wildman–Crippen LogP) is 6.98. The summed E-state index contributed by atoms with van der Waals surface area (Å²) in [5, 5.41) is 0. The molecule has 2 aliphatic rings. The van der Waals surface area contributed by atoms with Crippen LogP contribution in [-0.2, 0) is 5.41 Å².